The summed E-state index contributed by atoms with van der Waals surface area (Å²) < 4.78 is 5.18. The summed E-state index contributed by atoms with van der Waals surface area (Å²) in [6.45, 7) is 3.36. The Kier molecular flexibility index (Phi) is 6.23. The van der Waals surface area contributed by atoms with Crippen LogP contribution >= 0.6 is 23.2 Å². The van der Waals surface area contributed by atoms with Gasteiger partial charge in [-0.25, -0.2) is 4.79 Å². The maximum absolute atomic E-state index is 12.2. The first-order chi connectivity index (χ1) is 11.4. The minimum Gasteiger partial charge on any atom is -0.449 e. The van der Waals surface area contributed by atoms with Gasteiger partial charge in [0.2, 0.25) is 0 Å². The highest BCUT2D eigenvalue weighted by Crippen LogP contribution is 2.26. The van der Waals surface area contributed by atoms with Crippen LogP contribution in [0.3, 0.4) is 0 Å². The SMILES string of the molecule is CC(OC(=O)c1cccc(Cl)c1Cl)C(=O)NC(C)c1ccccc1. The van der Waals surface area contributed by atoms with E-state index in [0.29, 0.717) is 0 Å². The van der Waals surface area contributed by atoms with Gasteiger partial charge in [-0.1, -0.05) is 59.6 Å². The molecule has 0 aromatic heterocycles. The van der Waals surface area contributed by atoms with Crippen molar-refractivity contribution in [3.8, 4) is 0 Å². The van der Waals surface area contributed by atoms with E-state index >= 15 is 0 Å². The van der Waals surface area contributed by atoms with E-state index < -0.39 is 18.0 Å². The molecule has 2 aromatic rings. The van der Waals surface area contributed by atoms with Gasteiger partial charge in [-0.2, -0.15) is 0 Å². The first kappa shape index (κ1) is 18.3. The number of benzene rings is 2. The zero-order valence-corrected chi connectivity index (χ0v) is 14.8. The van der Waals surface area contributed by atoms with Crippen LogP contribution in [0, 0.1) is 0 Å². The highest BCUT2D eigenvalue weighted by molar-refractivity contribution is 6.43. The van der Waals surface area contributed by atoms with Crippen molar-refractivity contribution in [3.05, 3.63) is 69.7 Å². The first-order valence-electron chi connectivity index (χ1n) is 7.40. The molecule has 1 N–H and O–H groups in total. The molecular weight excluding hydrogens is 349 g/mol. The Morgan fingerprint density at radius 2 is 1.67 bits per heavy atom. The molecule has 0 fully saturated rings. The van der Waals surface area contributed by atoms with Crippen molar-refractivity contribution in [2.24, 2.45) is 0 Å². The molecule has 24 heavy (non-hydrogen) atoms. The van der Waals surface area contributed by atoms with Crippen molar-refractivity contribution in [3.63, 3.8) is 0 Å². The number of amides is 1. The predicted molar refractivity (Wildman–Crippen MR) is 94.3 cm³/mol. The number of hydrogen-bond donors (Lipinski definition) is 1. The number of ether oxygens (including phenoxy) is 1. The van der Waals surface area contributed by atoms with E-state index in [1.807, 2.05) is 37.3 Å². The summed E-state index contributed by atoms with van der Waals surface area (Å²) in [6.07, 6.45) is -0.960. The molecule has 0 spiro atoms. The number of esters is 1. The lowest BCUT2D eigenvalue weighted by molar-refractivity contribution is -0.129. The minimum absolute atomic E-state index is 0.106. The second kappa shape index (κ2) is 8.18. The summed E-state index contributed by atoms with van der Waals surface area (Å²) in [5.74, 6) is -1.09. The number of carbonyl (C=O) groups excluding carboxylic acids is 2. The van der Waals surface area contributed by atoms with Crippen molar-refractivity contribution >= 4 is 35.1 Å². The van der Waals surface area contributed by atoms with Crippen LogP contribution in [0.2, 0.25) is 10.0 Å². The van der Waals surface area contributed by atoms with Gasteiger partial charge < -0.3 is 10.1 Å². The fraction of sp³-hybridized carbons (Fsp3) is 0.222. The number of rotatable bonds is 5. The molecule has 2 rings (SSSR count). The number of halogens is 2. The van der Waals surface area contributed by atoms with Gasteiger partial charge >= 0.3 is 5.97 Å². The molecule has 2 aromatic carbocycles. The summed E-state index contributed by atoms with van der Waals surface area (Å²) >= 11 is 11.9. The highest BCUT2D eigenvalue weighted by Gasteiger charge is 2.22. The smallest absolute Gasteiger partial charge is 0.340 e. The summed E-state index contributed by atoms with van der Waals surface area (Å²) in [5, 5.41) is 3.16. The van der Waals surface area contributed by atoms with Crippen molar-refractivity contribution in [2.75, 3.05) is 0 Å². The van der Waals surface area contributed by atoms with Crippen LogP contribution < -0.4 is 5.32 Å². The van der Waals surface area contributed by atoms with Gasteiger partial charge in [-0.05, 0) is 31.5 Å². The monoisotopic (exact) mass is 365 g/mol. The Morgan fingerprint density at radius 3 is 2.33 bits per heavy atom. The lowest BCUT2D eigenvalue weighted by Crippen LogP contribution is -2.37. The molecule has 2 unspecified atom stereocenters. The summed E-state index contributed by atoms with van der Waals surface area (Å²) in [6, 6.07) is 14.0. The third-order valence-electron chi connectivity index (χ3n) is 3.48. The Labute approximate surface area is 150 Å². The number of nitrogens with one attached hydrogen (secondary N) is 1. The molecule has 4 nitrogen and oxygen atoms in total. The van der Waals surface area contributed by atoms with E-state index in [9.17, 15) is 9.59 Å². The third-order valence-corrected chi connectivity index (χ3v) is 4.30. The quantitative estimate of drug-likeness (QED) is 0.798. The van der Waals surface area contributed by atoms with Crippen molar-refractivity contribution < 1.29 is 14.3 Å². The fourth-order valence-electron chi connectivity index (χ4n) is 2.09. The van der Waals surface area contributed by atoms with Gasteiger partial charge in [0.05, 0.1) is 21.7 Å². The van der Waals surface area contributed by atoms with Gasteiger partial charge in [0.1, 0.15) is 0 Å². The van der Waals surface area contributed by atoms with Crippen molar-refractivity contribution in [1.29, 1.82) is 0 Å². The van der Waals surface area contributed by atoms with Gasteiger partial charge in [0, 0.05) is 0 Å². The Bertz CT molecular complexity index is 734. The molecule has 126 valence electrons. The van der Waals surface area contributed by atoms with Crippen LogP contribution in [0.25, 0.3) is 0 Å². The molecule has 0 aliphatic rings. The molecular formula is C18H17Cl2NO3. The Hall–Kier alpha value is -2.04. The summed E-state index contributed by atoms with van der Waals surface area (Å²) in [4.78, 5) is 24.3. The predicted octanol–water partition coefficient (Wildman–Crippen LogP) is 4.42. The molecule has 0 aliphatic carbocycles. The van der Waals surface area contributed by atoms with Gasteiger partial charge in [-0.15, -0.1) is 0 Å². The van der Waals surface area contributed by atoms with E-state index in [4.69, 9.17) is 27.9 Å². The molecule has 0 saturated heterocycles. The van der Waals surface area contributed by atoms with E-state index in [0.717, 1.165) is 5.56 Å². The van der Waals surface area contributed by atoms with Crippen LogP contribution in [0.1, 0.15) is 35.8 Å². The topological polar surface area (TPSA) is 55.4 Å². The van der Waals surface area contributed by atoms with Crippen LogP contribution in [-0.2, 0) is 9.53 Å². The zero-order valence-electron chi connectivity index (χ0n) is 13.3. The summed E-state index contributed by atoms with van der Waals surface area (Å²) in [7, 11) is 0. The fourth-order valence-corrected chi connectivity index (χ4v) is 2.47. The average Bonchev–Trinajstić information content (AvgIpc) is 2.57. The molecule has 0 aliphatic heterocycles. The van der Waals surface area contributed by atoms with Crippen molar-refractivity contribution in [1.82, 2.24) is 5.32 Å². The van der Waals surface area contributed by atoms with Gasteiger partial charge in [-0.3, -0.25) is 4.79 Å². The van der Waals surface area contributed by atoms with E-state index in [-0.39, 0.29) is 21.7 Å². The van der Waals surface area contributed by atoms with Crippen LogP contribution in [0.4, 0.5) is 0 Å². The Morgan fingerprint density at radius 1 is 1.00 bits per heavy atom. The van der Waals surface area contributed by atoms with Crippen LogP contribution in [-0.4, -0.2) is 18.0 Å². The zero-order chi connectivity index (χ0) is 17.7. The second-order valence-electron chi connectivity index (χ2n) is 5.29. The highest BCUT2D eigenvalue weighted by atomic mass is 35.5. The molecule has 1 amide bonds. The number of hydrogen-bond acceptors (Lipinski definition) is 3. The van der Waals surface area contributed by atoms with E-state index in [2.05, 4.69) is 5.32 Å². The van der Waals surface area contributed by atoms with Gasteiger partial charge in [0.15, 0.2) is 6.10 Å². The molecule has 6 heteroatoms. The maximum atomic E-state index is 12.2. The minimum atomic E-state index is -0.960. The van der Waals surface area contributed by atoms with Gasteiger partial charge in [0.25, 0.3) is 5.91 Å². The first-order valence-corrected chi connectivity index (χ1v) is 8.16. The van der Waals surface area contributed by atoms with Crippen molar-refractivity contribution in [2.45, 2.75) is 26.0 Å². The van der Waals surface area contributed by atoms with E-state index in [1.165, 1.54) is 13.0 Å². The third kappa shape index (κ3) is 4.49. The number of carbonyl (C=O) groups is 2. The molecule has 0 radical (unpaired) electrons. The summed E-state index contributed by atoms with van der Waals surface area (Å²) in [5.41, 5.74) is 1.09. The largest absolute Gasteiger partial charge is 0.449 e. The lowest BCUT2D eigenvalue weighted by Gasteiger charge is -2.18. The molecule has 0 saturated carbocycles. The second-order valence-corrected chi connectivity index (χ2v) is 6.08. The molecule has 0 heterocycles. The normalized spacial score (nSPS) is 13.0. The standard InChI is InChI=1S/C18H17Cl2NO3/c1-11(13-7-4-3-5-8-13)21-17(22)12(2)24-18(23)14-9-6-10-15(19)16(14)20/h3-12H,1-2H3,(H,21,22). The van der Waals surface area contributed by atoms with Crippen LogP contribution in [0.15, 0.2) is 48.5 Å². The lowest BCUT2D eigenvalue weighted by atomic mass is 10.1. The molecule has 0 bridgehead atoms. The maximum Gasteiger partial charge on any atom is 0.340 e. The van der Waals surface area contributed by atoms with Crippen LogP contribution in [0.5, 0.6) is 0 Å². The van der Waals surface area contributed by atoms with E-state index in [1.54, 1.807) is 12.1 Å². The molecule has 2 atom stereocenters. The Balaban J connectivity index is 1.98. The average molecular weight is 366 g/mol.